The molecule has 1 aliphatic rings. The summed E-state index contributed by atoms with van der Waals surface area (Å²) < 4.78 is 5.00. The minimum atomic E-state index is 0.0449. The Kier molecular flexibility index (Phi) is 7.77. The van der Waals surface area contributed by atoms with E-state index in [4.69, 9.17) is 0 Å². The standard InChI is InChI=1S/C60H42N2S/c1-60(2,3)42-23-27-43(28-24-42)61(59-46(37-13-5-4-6-14-37)29-30-57-58(59)49-17-9-12-20-56(49)63-57)44-25-21-38-33-50-52(35-40(38)31-44)51-34-39-22-26-45(32-41(39)36-53(50)51)62-54-18-10-7-15-47(54)48-16-8-11-19-55(48)62/h4-36H,1-3H3. The van der Waals surface area contributed by atoms with Crippen LogP contribution in [0.3, 0.4) is 0 Å². The van der Waals surface area contributed by atoms with Crippen molar-refractivity contribution in [2.45, 2.75) is 26.2 Å². The minimum absolute atomic E-state index is 0.0449. The fourth-order valence-electron chi connectivity index (χ4n) is 10.3. The monoisotopic (exact) mass is 822 g/mol. The Hall–Kier alpha value is -7.46. The number of anilines is 3. The Balaban J connectivity index is 0.970. The van der Waals surface area contributed by atoms with Crippen LogP contribution in [0.25, 0.3) is 103 Å². The lowest BCUT2D eigenvalue weighted by atomic mass is 9.78. The fourth-order valence-corrected chi connectivity index (χ4v) is 11.4. The Morgan fingerprint density at radius 1 is 0.413 bits per heavy atom. The normalized spacial score (nSPS) is 12.4. The number of aromatic nitrogens is 1. The van der Waals surface area contributed by atoms with Crippen molar-refractivity contribution in [3.8, 4) is 39.1 Å². The highest BCUT2D eigenvalue weighted by molar-refractivity contribution is 7.26. The Labute approximate surface area is 370 Å². The zero-order chi connectivity index (χ0) is 42.0. The molecule has 0 bridgehead atoms. The number of thiophene rings is 1. The molecule has 1 aliphatic carbocycles. The highest BCUT2D eigenvalue weighted by atomic mass is 32.1. The molecule has 0 atom stereocenters. The molecule has 0 spiro atoms. The van der Waals surface area contributed by atoms with Gasteiger partial charge in [-0.2, -0.15) is 0 Å². The average molecular weight is 823 g/mol. The van der Waals surface area contributed by atoms with Gasteiger partial charge in [0.15, 0.2) is 0 Å². The van der Waals surface area contributed by atoms with Gasteiger partial charge in [-0.15, -0.1) is 11.3 Å². The Bertz CT molecular complexity index is 3770. The highest BCUT2D eigenvalue weighted by Crippen LogP contribution is 2.53. The van der Waals surface area contributed by atoms with Crippen molar-refractivity contribution in [3.63, 3.8) is 0 Å². The number of hydrogen-bond donors (Lipinski definition) is 0. The first-order valence-electron chi connectivity index (χ1n) is 21.9. The summed E-state index contributed by atoms with van der Waals surface area (Å²) in [5.41, 5.74) is 16.2. The number of para-hydroxylation sites is 2. The smallest absolute Gasteiger partial charge is 0.0633 e. The second-order valence-electron chi connectivity index (χ2n) is 18.2. The van der Waals surface area contributed by atoms with E-state index < -0.39 is 0 Å². The van der Waals surface area contributed by atoms with Crippen molar-refractivity contribution in [2.75, 3.05) is 4.90 Å². The van der Waals surface area contributed by atoms with E-state index in [-0.39, 0.29) is 5.41 Å². The van der Waals surface area contributed by atoms with Crippen molar-refractivity contribution in [1.29, 1.82) is 0 Å². The van der Waals surface area contributed by atoms with Crippen LogP contribution in [0.1, 0.15) is 26.3 Å². The van der Waals surface area contributed by atoms with Gasteiger partial charge in [-0.25, -0.2) is 0 Å². The number of hydrogen-bond acceptors (Lipinski definition) is 2. The molecule has 0 radical (unpaired) electrons. The molecule has 13 rings (SSSR count). The van der Waals surface area contributed by atoms with E-state index in [0.29, 0.717) is 0 Å². The van der Waals surface area contributed by atoms with Crippen LogP contribution in [-0.2, 0) is 5.41 Å². The molecule has 2 heterocycles. The second kappa shape index (κ2) is 13.5. The van der Waals surface area contributed by atoms with Gasteiger partial charge in [0.1, 0.15) is 0 Å². The summed E-state index contributed by atoms with van der Waals surface area (Å²) in [7, 11) is 0. The molecule has 0 unspecified atom stereocenters. The van der Waals surface area contributed by atoms with E-state index in [1.165, 1.54) is 114 Å². The SMILES string of the molecule is CC(C)(C)c1ccc(N(c2ccc3cc4c(cc3c2)-c2cc3ccc(-n5c6ccccc6c6ccccc65)cc3cc2-4)c2c(-c3ccccc3)ccc3sc4ccccc4c23)cc1. The van der Waals surface area contributed by atoms with Gasteiger partial charge in [0, 0.05) is 53.6 Å². The molecule has 10 aromatic carbocycles. The molecule has 0 saturated carbocycles. The van der Waals surface area contributed by atoms with Crippen molar-refractivity contribution in [2.24, 2.45) is 0 Å². The summed E-state index contributed by atoms with van der Waals surface area (Å²) in [6.45, 7) is 6.86. The van der Waals surface area contributed by atoms with Crippen LogP contribution in [0, 0.1) is 0 Å². The predicted molar refractivity (Wildman–Crippen MR) is 272 cm³/mol. The summed E-state index contributed by atoms with van der Waals surface area (Å²) in [6.07, 6.45) is 0. The van der Waals surface area contributed by atoms with Gasteiger partial charge < -0.3 is 9.47 Å². The van der Waals surface area contributed by atoms with Crippen LogP contribution in [0.15, 0.2) is 200 Å². The largest absolute Gasteiger partial charge is 0.309 e. The first-order valence-corrected chi connectivity index (χ1v) is 22.7. The lowest BCUT2D eigenvalue weighted by Gasteiger charge is -2.30. The van der Waals surface area contributed by atoms with E-state index in [0.717, 1.165) is 11.4 Å². The van der Waals surface area contributed by atoms with Crippen molar-refractivity contribution in [3.05, 3.63) is 206 Å². The van der Waals surface area contributed by atoms with E-state index >= 15 is 0 Å². The molecule has 0 amide bonds. The molecule has 0 saturated heterocycles. The van der Waals surface area contributed by atoms with Crippen LogP contribution in [0.4, 0.5) is 17.1 Å². The number of benzene rings is 10. The Morgan fingerprint density at radius 3 is 1.63 bits per heavy atom. The summed E-state index contributed by atoms with van der Waals surface area (Å²) in [4.78, 5) is 2.52. The molecule has 0 fully saturated rings. The summed E-state index contributed by atoms with van der Waals surface area (Å²) in [5.74, 6) is 0. The zero-order valence-electron chi connectivity index (χ0n) is 35.4. The second-order valence-corrected chi connectivity index (χ2v) is 19.2. The summed E-state index contributed by atoms with van der Waals surface area (Å²) >= 11 is 1.87. The van der Waals surface area contributed by atoms with Gasteiger partial charge in [0.2, 0.25) is 0 Å². The quantitative estimate of drug-likeness (QED) is 0.168. The number of fused-ring (bicyclic) bond motifs is 12. The van der Waals surface area contributed by atoms with Crippen molar-refractivity contribution >= 4 is 91.9 Å². The van der Waals surface area contributed by atoms with Crippen molar-refractivity contribution in [1.82, 2.24) is 4.57 Å². The van der Waals surface area contributed by atoms with Gasteiger partial charge in [-0.05, 0) is 145 Å². The predicted octanol–water partition coefficient (Wildman–Crippen LogP) is 17.5. The summed E-state index contributed by atoms with van der Waals surface area (Å²) in [6, 6.07) is 74.8. The van der Waals surface area contributed by atoms with E-state index in [9.17, 15) is 0 Å². The molecule has 2 aromatic heterocycles. The van der Waals surface area contributed by atoms with Crippen LogP contribution >= 0.6 is 11.3 Å². The van der Waals surface area contributed by atoms with Gasteiger partial charge >= 0.3 is 0 Å². The minimum Gasteiger partial charge on any atom is -0.309 e. The fraction of sp³-hybridized carbons (Fsp3) is 0.0667. The van der Waals surface area contributed by atoms with Crippen LogP contribution in [0.2, 0.25) is 0 Å². The van der Waals surface area contributed by atoms with E-state index in [1.54, 1.807) is 0 Å². The third kappa shape index (κ3) is 5.56. The van der Waals surface area contributed by atoms with Crippen LogP contribution < -0.4 is 4.90 Å². The molecule has 2 nitrogen and oxygen atoms in total. The van der Waals surface area contributed by atoms with Gasteiger partial charge in [0.25, 0.3) is 0 Å². The van der Waals surface area contributed by atoms with Crippen LogP contribution in [-0.4, -0.2) is 4.57 Å². The van der Waals surface area contributed by atoms with Crippen LogP contribution in [0.5, 0.6) is 0 Å². The highest BCUT2D eigenvalue weighted by Gasteiger charge is 2.27. The van der Waals surface area contributed by atoms with Crippen molar-refractivity contribution < 1.29 is 0 Å². The molecule has 298 valence electrons. The third-order valence-electron chi connectivity index (χ3n) is 13.4. The van der Waals surface area contributed by atoms with Gasteiger partial charge in [-0.1, -0.05) is 136 Å². The first kappa shape index (κ1) is 36.2. The van der Waals surface area contributed by atoms with Gasteiger partial charge in [-0.3, -0.25) is 0 Å². The Morgan fingerprint density at radius 2 is 0.968 bits per heavy atom. The lowest BCUT2D eigenvalue weighted by Crippen LogP contribution is -2.14. The summed E-state index contributed by atoms with van der Waals surface area (Å²) in [5, 5.41) is 10.1. The molecule has 63 heavy (non-hydrogen) atoms. The average Bonchev–Trinajstić information content (AvgIpc) is 3.87. The van der Waals surface area contributed by atoms with E-state index in [2.05, 4.69) is 230 Å². The maximum absolute atomic E-state index is 2.52. The maximum Gasteiger partial charge on any atom is 0.0633 e. The molecular weight excluding hydrogens is 781 g/mol. The maximum atomic E-state index is 2.52. The van der Waals surface area contributed by atoms with Gasteiger partial charge in [0.05, 0.1) is 16.7 Å². The topological polar surface area (TPSA) is 8.17 Å². The molecule has 0 N–H and O–H groups in total. The lowest BCUT2D eigenvalue weighted by molar-refractivity contribution is 0.590. The first-order chi connectivity index (χ1) is 30.9. The molecular formula is C60H42N2S. The molecule has 0 aliphatic heterocycles. The number of rotatable bonds is 5. The molecule has 3 heteroatoms. The third-order valence-corrected chi connectivity index (χ3v) is 14.5. The molecule has 12 aromatic rings. The zero-order valence-corrected chi connectivity index (χ0v) is 36.2. The number of nitrogens with zero attached hydrogens (tertiary/aromatic N) is 2. The van der Waals surface area contributed by atoms with E-state index in [1.807, 2.05) is 11.3 Å².